The lowest BCUT2D eigenvalue weighted by Gasteiger charge is -2.10. The number of hydrogen-bond acceptors (Lipinski definition) is 6. The smallest absolute Gasteiger partial charge is 0.350 e. The van der Waals surface area contributed by atoms with Crippen LogP contribution in [0.4, 0.5) is 5.13 Å². The van der Waals surface area contributed by atoms with E-state index >= 15 is 0 Å². The molecule has 2 heterocycles. The van der Waals surface area contributed by atoms with E-state index in [9.17, 15) is 9.59 Å². The lowest BCUT2D eigenvalue weighted by Crippen LogP contribution is -2.30. The van der Waals surface area contributed by atoms with Gasteiger partial charge in [0, 0.05) is 13.6 Å². The number of hydrogen-bond donors (Lipinski definition) is 1. The van der Waals surface area contributed by atoms with E-state index in [4.69, 9.17) is 0 Å². The van der Waals surface area contributed by atoms with Gasteiger partial charge >= 0.3 is 5.97 Å². The average Bonchev–Trinajstić information content (AvgIpc) is 2.86. The number of amides is 1. The number of methoxy groups -OCH3 is 1. The second-order valence-electron chi connectivity index (χ2n) is 4.17. The summed E-state index contributed by atoms with van der Waals surface area (Å²) in [5.41, 5.74) is 0.619. The van der Waals surface area contributed by atoms with Gasteiger partial charge in [0.1, 0.15) is 10.9 Å². The zero-order valence-electron chi connectivity index (χ0n) is 10.5. The summed E-state index contributed by atoms with van der Waals surface area (Å²) in [7, 11) is 3.11. The van der Waals surface area contributed by atoms with Crippen molar-refractivity contribution in [1.82, 2.24) is 9.88 Å². The Morgan fingerprint density at radius 1 is 1.61 bits per heavy atom. The number of anilines is 1. The highest BCUT2D eigenvalue weighted by atomic mass is 32.1. The standard InChI is InChI=1S/C11H15N3O3S/c1-6-8(10(16)17-3)18-11(12-6)13-7-4-5-14(2)9(7)15/h7H,4-5H2,1-3H3,(H,12,13). The fraction of sp³-hybridized carbons (Fsp3) is 0.545. The van der Waals surface area contributed by atoms with Crippen molar-refractivity contribution in [2.75, 3.05) is 26.0 Å². The molecule has 1 unspecified atom stereocenters. The van der Waals surface area contributed by atoms with Gasteiger partial charge < -0.3 is 15.0 Å². The molecule has 1 atom stereocenters. The molecule has 0 radical (unpaired) electrons. The second-order valence-corrected chi connectivity index (χ2v) is 5.17. The van der Waals surface area contributed by atoms with Crippen LogP contribution in [0.5, 0.6) is 0 Å². The van der Waals surface area contributed by atoms with Gasteiger partial charge in [-0.3, -0.25) is 4.79 Å². The molecule has 1 fully saturated rings. The topological polar surface area (TPSA) is 71.5 Å². The molecule has 1 saturated heterocycles. The summed E-state index contributed by atoms with van der Waals surface area (Å²) in [6.45, 7) is 2.49. The van der Waals surface area contributed by atoms with Gasteiger partial charge in [-0.1, -0.05) is 11.3 Å². The Balaban J connectivity index is 2.11. The number of likely N-dealkylation sites (tertiary alicyclic amines) is 1. The molecular weight excluding hydrogens is 254 g/mol. The number of esters is 1. The van der Waals surface area contributed by atoms with Crippen molar-refractivity contribution in [2.45, 2.75) is 19.4 Å². The maximum Gasteiger partial charge on any atom is 0.350 e. The molecule has 0 saturated carbocycles. The van der Waals surface area contributed by atoms with E-state index in [1.807, 2.05) is 0 Å². The van der Waals surface area contributed by atoms with Crippen molar-refractivity contribution >= 4 is 28.3 Å². The number of nitrogens with zero attached hydrogens (tertiary/aromatic N) is 2. The normalized spacial score (nSPS) is 19.2. The molecule has 98 valence electrons. The summed E-state index contributed by atoms with van der Waals surface area (Å²) in [6, 6.07) is -0.244. The molecule has 6 nitrogen and oxygen atoms in total. The quantitative estimate of drug-likeness (QED) is 0.825. The molecule has 0 aromatic carbocycles. The molecule has 1 aliphatic rings. The van der Waals surface area contributed by atoms with Crippen molar-refractivity contribution < 1.29 is 14.3 Å². The van der Waals surface area contributed by atoms with Gasteiger partial charge in [-0.15, -0.1) is 0 Å². The lowest BCUT2D eigenvalue weighted by molar-refractivity contribution is -0.127. The van der Waals surface area contributed by atoms with Gasteiger partial charge in [-0.25, -0.2) is 9.78 Å². The van der Waals surface area contributed by atoms with E-state index in [2.05, 4.69) is 15.0 Å². The van der Waals surface area contributed by atoms with Gasteiger partial charge in [-0.05, 0) is 13.3 Å². The van der Waals surface area contributed by atoms with E-state index in [1.165, 1.54) is 18.4 Å². The molecule has 1 aliphatic heterocycles. The molecule has 7 heteroatoms. The van der Waals surface area contributed by atoms with Gasteiger partial charge in [0.2, 0.25) is 5.91 Å². The van der Waals surface area contributed by atoms with Crippen LogP contribution in [-0.4, -0.2) is 48.5 Å². The third kappa shape index (κ3) is 2.31. The monoisotopic (exact) mass is 269 g/mol. The van der Waals surface area contributed by atoms with Crippen LogP contribution in [0.25, 0.3) is 0 Å². The van der Waals surface area contributed by atoms with Gasteiger partial charge in [0.15, 0.2) is 5.13 Å². The van der Waals surface area contributed by atoms with Crippen LogP contribution >= 0.6 is 11.3 Å². The molecule has 1 amide bonds. The number of rotatable bonds is 3. The summed E-state index contributed by atoms with van der Waals surface area (Å²) in [6.07, 6.45) is 0.752. The van der Waals surface area contributed by atoms with Crippen LogP contribution in [0, 0.1) is 6.92 Å². The molecule has 2 rings (SSSR count). The molecular formula is C11H15N3O3S. The Hall–Kier alpha value is -1.63. The van der Waals surface area contributed by atoms with Crippen LogP contribution in [0.1, 0.15) is 21.8 Å². The number of aryl methyl sites for hydroxylation is 1. The number of ether oxygens (including phenoxy) is 1. The maximum absolute atomic E-state index is 11.7. The van der Waals surface area contributed by atoms with Crippen LogP contribution in [0.2, 0.25) is 0 Å². The number of carbonyl (C=O) groups is 2. The summed E-state index contributed by atoms with van der Waals surface area (Å²) in [5, 5.41) is 3.65. The maximum atomic E-state index is 11.7. The minimum Gasteiger partial charge on any atom is -0.465 e. The Morgan fingerprint density at radius 2 is 2.33 bits per heavy atom. The molecule has 1 N–H and O–H groups in total. The van der Waals surface area contributed by atoms with Crippen molar-refractivity contribution in [3.63, 3.8) is 0 Å². The predicted molar refractivity (Wildman–Crippen MR) is 67.9 cm³/mol. The predicted octanol–water partition coefficient (Wildman–Crippen LogP) is 0.881. The Kier molecular flexibility index (Phi) is 3.51. The Morgan fingerprint density at radius 3 is 2.89 bits per heavy atom. The number of nitrogens with one attached hydrogen (secondary N) is 1. The first-order valence-corrected chi connectivity index (χ1v) is 6.42. The lowest BCUT2D eigenvalue weighted by atomic mass is 10.2. The first-order chi connectivity index (χ1) is 8.52. The highest BCUT2D eigenvalue weighted by molar-refractivity contribution is 7.17. The summed E-state index contributed by atoms with van der Waals surface area (Å²) in [5.74, 6) is -0.338. The third-order valence-corrected chi connectivity index (χ3v) is 3.96. The number of aromatic nitrogens is 1. The number of likely N-dealkylation sites (N-methyl/N-ethyl adjacent to an activating group) is 1. The molecule has 1 aromatic rings. The van der Waals surface area contributed by atoms with Crippen molar-refractivity contribution in [1.29, 1.82) is 0 Å². The van der Waals surface area contributed by atoms with Crippen LogP contribution < -0.4 is 5.32 Å². The summed E-state index contributed by atoms with van der Waals surface area (Å²) in [4.78, 5) is 29.6. The highest BCUT2D eigenvalue weighted by Gasteiger charge is 2.30. The highest BCUT2D eigenvalue weighted by Crippen LogP contribution is 2.25. The first-order valence-electron chi connectivity index (χ1n) is 5.60. The van der Waals surface area contributed by atoms with Crippen LogP contribution in [-0.2, 0) is 9.53 Å². The van der Waals surface area contributed by atoms with Crippen molar-refractivity contribution in [2.24, 2.45) is 0 Å². The van der Waals surface area contributed by atoms with E-state index in [1.54, 1.807) is 18.9 Å². The van der Waals surface area contributed by atoms with Crippen LogP contribution in [0.15, 0.2) is 0 Å². The minimum atomic E-state index is -0.395. The molecule has 18 heavy (non-hydrogen) atoms. The average molecular weight is 269 g/mol. The zero-order chi connectivity index (χ0) is 13.3. The summed E-state index contributed by atoms with van der Waals surface area (Å²) < 4.78 is 4.67. The second kappa shape index (κ2) is 4.93. The molecule has 0 bridgehead atoms. The van der Waals surface area contributed by atoms with Crippen molar-refractivity contribution in [3.8, 4) is 0 Å². The molecule has 1 aromatic heterocycles. The van der Waals surface area contributed by atoms with E-state index in [0.29, 0.717) is 15.7 Å². The summed E-state index contributed by atoms with van der Waals surface area (Å²) >= 11 is 1.21. The molecule has 0 aliphatic carbocycles. The Labute approximate surface area is 109 Å². The Bertz CT molecular complexity index is 486. The van der Waals surface area contributed by atoms with E-state index < -0.39 is 5.97 Å². The number of carbonyl (C=O) groups excluding carboxylic acids is 2. The fourth-order valence-corrected chi connectivity index (χ4v) is 2.78. The van der Waals surface area contributed by atoms with E-state index in [0.717, 1.165) is 13.0 Å². The largest absolute Gasteiger partial charge is 0.465 e. The van der Waals surface area contributed by atoms with Crippen LogP contribution in [0.3, 0.4) is 0 Å². The van der Waals surface area contributed by atoms with Crippen molar-refractivity contribution in [3.05, 3.63) is 10.6 Å². The third-order valence-electron chi connectivity index (χ3n) is 2.89. The van der Waals surface area contributed by atoms with Gasteiger partial charge in [0.05, 0.1) is 12.8 Å². The first kappa shape index (κ1) is 12.8. The minimum absolute atomic E-state index is 0.0578. The van der Waals surface area contributed by atoms with Gasteiger partial charge in [-0.2, -0.15) is 0 Å². The molecule has 0 spiro atoms. The SMILES string of the molecule is COC(=O)c1sc(NC2CCN(C)C2=O)nc1C. The number of thiazole rings is 1. The van der Waals surface area contributed by atoms with E-state index in [-0.39, 0.29) is 11.9 Å². The van der Waals surface area contributed by atoms with Gasteiger partial charge in [0.25, 0.3) is 0 Å². The zero-order valence-corrected chi connectivity index (χ0v) is 11.3. The fourth-order valence-electron chi connectivity index (χ4n) is 1.85.